The molecule has 4 nitrogen and oxygen atoms in total. The lowest BCUT2D eigenvalue weighted by atomic mass is 10.00. The zero-order chi connectivity index (χ0) is 20.0. The minimum absolute atomic E-state index is 0.0324. The van der Waals surface area contributed by atoms with E-state index in [0.29, 0.717) is 24.5 Å². The molecule has 1 aromatic rings. The van der Waals surface area contributed by atoms with E-state index >= 15 is 0 Å². The van der Waals surface area contributed by atoms with Crippen LogP contribution < -0.4 is 10.2 Å². The first-order valence-corrected chi connectivity index (χ1v) is 11.3. The van der Waals surface area contributed by atoms with Crippen molar-refractivity contribution in [1.29, 1.82) is 0 Å². The summed E-state index contributed by atoms with van der Waals surface area (Å²) in [6, 6.07) is 5.56. The van der Waals surface area contributed by atoms with Gasteiger partial charge in [-0.15, -0.1) is 0 Å². The van der Waals surface area contributed by atoms with Gasteiger partial charge in [0.05, 0.1) is 6.61 Å². The second-order valence-corrected chi connectivity index (χ2v) is 8.19. The first-order chi connectivity index (χ1) is 13.6. The van der Waals surface area contributed by atoms with E-state index in [4.69, 9.17) is 16.3 Å². The molecule has 0 radical (unpaired) electrons. The van der Waals surface area contributed by atoms with E-state index in [1.807, 2.05) is 25.1 Å². The van der Waals surface area contributed by atoms with Crippen LogP contribution in [0.15, 0.2) is 23.3 Å². The van der Waals surface area contributed by atoms with Gasteiger partial charge in [-0.1, -0.05) is 56.5 Å². The number of hydrazone groups is 1. The molecule has 2 rings (SSSR count). The number of ether oxygens (including phenoxy) is 1. The summed E-state index contributed by atoms with van der Waals surface area (Å²) >= 11 is 5.95. The summed E-state index contributed by atoms with van der Waals surface area (Å²) in [5.41, 5.74) is 4.92. The van der Waals surface area contributed by atoms with E-state index in [9.17, 15) is 4.79 Å². The van der Waals surface area contributed by atoms with E-state index in [1.165, 1.54) is 57.8 Å². The summed E-state index contributed by atoms with van der Waals surface area (Å²) in [5, 5.41) is 5.14. The van der Waals surface area contributed by atoms with Crippen molar-refractivity contribution in [2.45, 2.75) is 90.4 Å². The Morgan fingerprint density at radius 3 is 2.25 bits per heavy atom. The fraction of sp³-hybridized carbons (Fsp3) is 0.652. The number of carbonyl (C=O) groups excluding carboxylic acids is 1. The lowest BCUT2D eigenvalue weighted by Gasteiger charge is -2.10. The van der Waals surface area contributed by atoms with Gasteiger partial charge in [-0.25, -0.2) is 5.43 Å². The third kappa shape index (κ3) is 9.59. The Morgan fingerprint density at radius 1 is 1.04 bits per heavy atom. The van der Waals surface area contributed by atoms with Crippen molar-refractivity contribution in [3.05, 3.63) is 28.8 Å². The predicted molar refractivity (Wildman–Crippen MR) is 117 cm³/mol. The van der Waals surface area contributed by atoms with Gasteiger partial charge in [0.1, 0.15) is 5.75 Å². The van der Waals surface area contributed by atoms with Crippen LogP contribution in [0.2, 0.25) is 5.02 Å². The Morgan fingerprint density at radius 2 is 1.64 bits per heavy atom. The number of halogens is 1. The topological polar surface area (TPSA) is 50.7 Å². The van der Waals surface area contributed by atoms with E-state index in [0.717, 1.165) is 29.9 Å². The molecule has 0 aromatic heterocycles. The van der Waals surface area contributed by atoms with Gasteiger partial charge in [0.2, 0.25) is 5.91 Å². The molecule has 5 heteroatoms. The summed E-state index contributed by atoms with van der Waals surface area (Å²) in [4.78, 5) is 12.1. The van der Waals surface area contributed by atoms with Crippen molar-refractivity contribution in [2.75, 3.05) is 6.61 Å². The summed E-state index contributed by atoms with van der Waals surface area (Å²) in [5.74, 6) is 0.785. The molecule has 0 atom stereocenters. The van der Waals surface area contributed by atoms with Crippen LogP contribution in [-0.4, -0.2) is 18.2 Å². The number of nitrogens with one attached hydrogen (secondary N) is 1. The molecule has 1 aromatic carbocycles. The third-order valence-corrected chi connectivity index (χ3v) is 5.45. The SMILES string of the molecule is Cc1cc(Cl)ccc1OCCCC(=O)NN=C1CCCCCCCCCCC1. The summed E-state index contributed by atoms with van der Waals surface area (Å²) in [6.07, 6.45) is 14.8. The van der Waals surface area contributed by atoms with E-state index < -0.39 is 0 Å². The number of rotatable bonds is 6. The highest BCUT2D eigenvalue weighted by molar-refractivity contribution is 6.30. The van der Waals surface area contributed by atoms with Crippen LogP contribution in [0.25, 0.3) is 0 Å². The second-order valence-electron chi connectivity index (χ2n) is 7.76. The van der Waals surface area contributed by atoms with Gasteiger partial charge in [0.25, 0.3) is 0 Å². The third-order valence-electron chi connectivity index (χ3n) is 5.21. The molecule has 156 valence electrons. The molecule has 1 aliphatic rings. The molecule has 0 bridgehead atoms. The normalized spacial score (nSPS) is 16.6. The van der Waals surface area contributed by atoms with Gasteiger partial charge in [-0.3, -0.25) is 4.79 Å². The molecule has 1 amide bonds. The van der Waals surface area contributed by atoms with Crippen molar-refractivity contribution in [1.82, 2.24) is 5.43 Å². The summed E-state index contributed by atoms with van der Waals surface area (Å²) < 4.78 is 5.74. The maximum atomic E-state index is 12.1. The van der Waals surface area contributed by atoms with Crippen LogP contribution >= 0.6 is 11.6 Å². The Bertz CT molecular complexity index is 617. The second kappa shape index (κ2) is 13.6. The molecule has 1 aliphatic carbocycles. The molecule has 0 spiro atoms. The van der Waals surface area contributed by atoms with Crippen LogP contribution in [-0.2, 0) is 4.79 Å². The van der Waals surface area contributed by atoms with E-state index in [2.05, 4.69) is 10.5 Å². The smallest absolute Gasteiger partial charge is 0.240 e. The largest absolute Gasteiger partial charge is 0.493 e. The van der Waals surface area contributed by atoms with Gasteiger partial charge < -0.3 is 4.74 Å². The number of hydrogen-bond acceptors (Lipinski definition) is 3. The molecule has 1 fully saturated rings. The molecule has 1 saturated carbocycles. The van der Waals surface area contributed by atoms with Crippen LogP contribution in [0.1, 0.15) is 89.0 Å². The average molecular weight is 407 g/mol. The number of amides is 1. The fourth-order valence-electron chi connectivity index (χ4n) is 3.52. The van der Waals surface area contributed by atoms with Crippen molar-refractivity contribution in [3.63, 3.8) is 0 Å². The van der Waals surface area contributed by atoms with Crippen molar-refractivity contribution in [3.8, 4) is 5.75 Å². The zero-order valence-electron chi connectivity index (χ0n) is 17.3. The standard InChI is InChI=1S/C23H35ClN2O2/c1-19-18-20(24)15-16-22(19)28-17-11-14-23(27)26-25-21-12-9-7-5-3-2-4-6-8-10-13-21/h15-16,18H,2-14,17H2,1H3,(H,26,27). The minimum atomic E-state index is -0.0324. The highest BCUT2D eigenvalue weighted by Gasteiger charge is 2.06. The maximum Gasteiger partial charge on any atom is 0.240 e. The highest BCUT2D eigenvalue weighted by atomic mass is 35.5. The average Bonchev–Trinajstić information content (AvgIpc) is 2.66. The molecule has 0 aliphatic heterocycles. The quantitative estimate of drug-likeness (QED) is 0.428. The highest BCUT2D eigenvalue weighted by Crippen LogP contribution is 2.22. The number of aryl methyl sites for hydroxylation is 1. The van der Waals surface area contributed by atoms with Crippen LogP contribution in [0, 0.1) is 6.92 Å². The molecule has 0 unspecified atom stereocenters. The zero-order valence-corrected chi connectivity index (χ0v) is 18.0. The van der Waals surface area contributed by atoms with Gasteiger partial charge in [0, 0.05) is 17.2 Å². The predicted octanol–water partition coefficient (Wildman–Crippen LogP) is 6.58. The van der Waals surface area contributed by atoms with Crippen LogP contribution in [0.4, 0.5) is 0 Å². The van der Waals surface area contributed by atoms with Crippen LogP contribution in [0.3, 0.4) is 0 Å². The number of benzene rings is 1. The summed E-state index contributed by atoms with van der Waals surface area (Å²) in [7, 11) is 0. The number of carbonyl (C=O) groups is 1. The lowest BCUT2D eigenvalue weighted by Crippen LogP contribution is -2.20. The van der Waals surface area contributed by atoms with E-state index in [-0.39, 0.29) is 5.91 Å². The minimum Gasteiger partial charge on any atom is -0.493 e. The molecular formula is C23H35ClN2O2. The van der Waals surface area contributed by atoms with Gasteiger partial charge in [0.15, 0.2) is 0 Å². The lowest BCUT2D eigenvalue weighted by molar-refractivity contribution is -0.121. The molecule has 28 heavy (non-hydrogen) atoms. The van der Waals surface area contributed by atoms with Gasteiger partial charge in [-0.05, 0) is 62.8 Å². The monoisotopic (exact) mass is 406 g/mol. The van der Waals surface area contributed by atoms with Crippen molar-refractivity contribution >= 4 is 23.2 Å². The van der Waals surface area contributed by atoms with Crippen molar-refractivity contribution < 1.29 is 9.53 Å². The van der Waals surface area contributed by atoms with Gasteiger partial charge >= 0.3 is 0 Å². The Kier molecular flexibility index (Phi) is 11.0. The first-order valence-electron chi connectivity index (χ1n) is 10.9. The molecule has 0 heterocycles. The Balaban J connectivity index is 1.68. The first kappa shape index (κ1) is 22.7. The molecule has 1 N–H and O–H groups in total. The van der Waals surface area contributed by atoms with Crippen molar-refractivity contribution in [2.24, 2.45) is 5.10 Å². The van der Waals surface area contributed by atoms with E-state index in [1.54, 1.807) is 0 Å². The fourth-order valence-corrected chi connectivity index (χ4v) is 3.75. The maximum absolute atomic E-state index is 12.1. The van der Waals surface area contributed by atoms with Crippen LogP contribution in [0.5, 0.6) is 5.75 Å². The van der Waals surface area contributed by atoms with Gasteiger partial charge in [-0.2, -0.15) is 5.10 Å². The summed E-state index contributed by atoms with van der Waals surface area (Å²) in [6.45, 7) is 2.47. The number of hydrogen-bond donors (Lipinski definition) is 1. The Labute approximate surface area is 175 Å². The molecular weight excluding hydrogens is 372 g/mol. The molecule has 0 saturated heterocycles. The number of nitrogens with zero attached hydrogens (tertiary/aromatic N) is 1. The Hall–Kier alpha value is -1.55.